The van der Waals surface area contributed by atoms with Gasteiger partial charge in [-0.1, -0.05) is 32.4 Å². The summed E-state index contributed by atoms with van der Waals surface area (Å²) >= 11 is 0. The van der Waals surface area contributed by atoms with E-state index in [2.05, 4.69) is 32.0 Å². The zero-order valence-electron chi connectivity index (χ0n) is 11.7. The van der Waals surface area contributed by atoms with Crippen LogP contribution in [0, 0.1) is 5.41 Å². The first-order chi connectivity index (χ1) is 8.60. The minimum Gasteiger partial charge on any atom is -0.496 e. The molecule has 0 saturated heterocycles. The van der Waals surface area contributed by atoms with Gasteiger partial charge in [0.1, 0.15) is 5.75 Å². The van der Waals surface area contributed by atoms with Crippen LogP contribution in [0.15, 0.2) is 18.2 Å². The van der Waals surface area contributed by atoms with Gasteiger partial charge in [-0.05, 0) is 47.8 Å². The lowest BCUT2D eigenvalue weighted by Crippen LogP contribution is -2.35. The second-order valence-electron chi connectivity index (χ2n) is 5.91. The summed E-state index contributed by atoms with van der Waals surface area (Å²) in [6.45, 7) is 4.70. The van der Waals surface area contributed by atoms with Crippen molar-refractivity contribution < 1.29 is 9.84 Å². The number of aliphatic hydroxyl groups is 1. The van der Waals surface area contributed by atoms with Crippen LogP contribution in [-0.2, 0) is 6.42 Å². The van der Waals surface area contributed by atoms with Gasteiger partial charge in [-0.2, -0.15) is 0 Å². The highest BCUT2D eigenvalue weighted by Gasteiger charge is 2.37. The molecule has 0 unspecified atom stereocenters. The fraction of sp³-hybridized carbons (Fsp3) is 0.625. The highest BCUT2D eigenvalue weighted by Crippen LogP contribution is 2.44. The summed E-state index contributed by atoms with van der Waals surface area (Å²) in [7, 11) is 1.72. The average Bonchev–Trinajstić information content (AvgIpc) is 2.33. The van der Waals surface area contributed by atoms with Gasteiger partial charge in [-0.15, -0.1) is 0 Å². The van der Waals surface area contributed by atoms with E-state index in [0.29, 0.717) is 12.5 Å². The van der Waals surface area contributed by atoms with Gasteiger partial charge >= 0.3 is 0 Å². The first-order valence-corrected chi connectivity index (χ1v) is 6.88. The van der Waals surface area contributed by atoms with Gasteiger partial charge in [0, 0.05) is 6.61 Å². The van der Waals surface area contributed by atoms with Crippen LogP contribution in [-0.4, -0.2) is 18.8 Å². The Morgan fingerprint density at radius 3 is 2.50 bits per heavy atom. The molecule has 2 heteroatoms. The SMILES string of the molecule is COc1ccc(C(C)C)cc1CC1(CO)CCC1. The van der Waals surface area contributed by atoms with Crippen LogP contribution >= 0.6 is 0 Å². The fourth-order valence-corrected chi connectivity index (χ4v) is 2.77. The lowest BCUT2D eigenvalue weighted by molar-refractivity contribution is 0.0445. The van der Waals surface area contributed by atoms with E-state index >= 15 is 0 Å². The number of hydrogen-bond donors (Lipinski definition) is 1. The van der Waals surface area contributed by atoms with Crippen molar-refractivity contribution in [3.8, 4) is 5.75 Å². The Labute approximate surface area is 110 Å². The normalized spacial score (nSPS) is 17.6. The Morgan fingerprint density at radius 1 is 1.33 bits per heavy atom. The Hall–Kier alpha value is -1.02. The predicted octanol–water partition coefficient (Wildman–Crippen LogP) is 3.52. The van der Waals surface area contributed by atoms with Crippen LogP contribution in [0.1, 0.15) is 50.2 Å². The molecule has 1 aromatic rings. The van der Waals surface area contributed by atoms with Crippen molar-refractivity contribution >= 4 is 0 Å². The van der Waals surface area contributed by atoms with Gasteiger partial charge in [-0.3, -0.25) is 0 Å². The third-order valence-corrected chi connectivity index (χ3v) is 4.29. The van der Waals surface area contributed by atoms with E-state index in [4.69, 9.17) is 4.74 Å². The van der Waals surface area contributed by atoms with Crippen LogP contribution in [0.5, 0.6) is 5.75 Å². The largest absolute Gasteiger partial charge is 0.496 e. The Morgan fingerprint density at radius 2 is 2.06 bits per heavy atom. The van der Waals surface area contributed by atoms with Gasteiger partial charge in [-0.25, -0.2) is 0 Å². The van der Waals surface area contributed by atoms with Gasteiger partial charge < -0.3 is 9.84 Å². The molecule has 0 amide bonds. The van der Waals surface area contributed by atoms with E-state index in [1.807, 2.05) is 0 Å². The number of rotatable bonds is 5. The molecule has 100 valence electrons. The summed E-state index contributed by atoms with van der Waals surface area (Å²) in [6, 6.07) is 6.45. The lowest BCUT2D eigenvalue weighted by Gasteiger charge is -2.40. The molecule has 0 bridgehead atoms. The fourth-order valence-electron chi connectivity index (χ4n) is 2.77. The number of ether oxygens (including phenoxy) is 1. The molecule has 0 aromatic heterocycles. The van der Waals surface area contributed by atoms with Gasteiger partial charge in [0.15, 0.2) is 0 Å². The van der Waals surface area contributed by atoms with Crippen molar-refractivity contribution in [3.05, 3.63) is 29.3 Å². The van der Waals surface area contributed by atoms with Crippen molar-refractivity contribution in [2.75, 3.05) is 13.7 Å². The van der Waals surface area contributed by atoms with Gasteiger partial charge in [0.05, 0.1) is 7.11 Å². The van der Waals surface area contributed by atoms with Crippen molar-refractivity contribution in [2.24, 2.45) is 5.41 Å². The Kier molecular flexibility index (Phi) is 3.96. The summed E-state index contributed by atoms with van der Waals surface area (Å²) < 4.78 is 5.46. The number of benzene rings is 1. The smallest absolute Gasteiger partial charge is 0.122 e. The number of hydrogen-bond acceptors (Lipinski definition) is 2. The molecule has 1 fully saturated rings. The van der Waals surface area contributed by atoms with Gasteiger partial charge in [0.25, 0.3) is 0 Å². The van der Waals surface area contributed by atoms with Crippen molar-refractivity contribution in [2.45, 2.75) is 45.4 Å². The highest BCUT2D eigenvalue weighted by atomic mass is 16.5. The average molecular weight is 248 g/mol. The monoisotopic (exact) mass is 248 g/mol. The standard InChI is InChI=1S/C16H24O2/c1-12(2)13-5-6-15(18-3)14(9-13)10-16(11-17)7-4-8-16/h5-6,9,12,17H,4,7-8,10-11H2,1-3H3. The molecule has 2 rings (SSSR count). The summed E-state index contributed by atoms with van der Waals surface area (Å²) in [5.41, 5.74) is 2.71. The quantitative estimate of drug-likeness (QED) is 0.864. The minimum absolute atomic E-state index is 0.114. The van der Waals surface area contributed by atoms with Crippen LogP contribution in [0.25, 0.3) is 0 Å². The Bertz CT molecular complexity index is 400. The van der Waals surface area contributed by atoms with E-state index in [9.17, 15) is 5.11 Å². The third kappa shape index (κ3) is 2.54. The third-order valence-electron chi connectivity index (χ3n) is 4.29. The van der Waals surface area contributed by atoms with E-state index in [0.717, 1.165) is 25.0 Å². The van der Waals surface area contributed by atoms with E-state index < -0.39 is 0 Å². The Balaban J connectivity index is 2.26. The number of methoxy groups -OCH3 is 1. The predicted molar refractivity (Wildman–Crippen MR) is 74.2 cm³/mol. The highest BCUT2D eigenvalue weighted by molar-refractivity contribution is 5.39. The second-order valence-corrected chi connectivity index (χ2v) is 5.91. The molecule has 0 heterocycles. The van der Waals surface area contributed by atoms with Crippen molar-refractivity contribution in [1.29, 1.82) is 0 Å². The van der Waals surface area contributed by atoms with Crippen LogP contribution in [0.2, 0.25) is 0 Å². The molecule has 1 aliphatic carbocycles. The second kappa shape index (κ2) is 5.31. The molecule has 1 saturated carbocycles. The molecule has 0 aliphatic heterocycles. The van der Waals surface area contributed by atoms with Crippen molar-refractivity contribution in [3.63, 3.8) is 0 Å². The van der Waals surface area contributed by atoms with Crippen LogP contribution < -0.4 is 4.74 Å². The summed E-state index contributed by atoms with van der Waals surface area (Å²) in [4.78, 5) is 0. The molecule has 18 heavy (non-hydrogen) atoms. The molecule has 1 N–H and O–H groups in total. The minimum atomic E-state index is 0.114. The van der Waals surface area contributed by atoms with Crippen LogP contribution in [0.4, 0.5) is 0 Å². The first-order valence-electron chi connectivity index (χ1n) is 6.88. The van der Waals surface area contributed by atoms with Gasteiger partial charge in [0.2, 0.25) is 0 Å². The molecule has 0 atom stereocenters. The molecule has 0 spiro atoms. The van der Waals surface area contributed by atoms with Crippen LogP contribution in [0.3, 0.4) is 0 Å². The summed E-state index contributed by atoms with van der Waals surface area (Å²) in [5.74, 6) is 1.49. The van der Waals surface area contributed by atoms with E-state index in [1.165, 1.54) is 17.5 Å². The van der Waals surface area contributed by atoms with Crippen molar-refractivity contribution in [1.82, 2.24) is 0 Å². The first kappa shape index (κ1) is 13.4. The molecular weight excluding hydrogens is 224 g/mol. The lowest BCUT2D eigenvalue weighted by atomic mass is 9.66. The molecule has 0 radical (unpaired) electrons. The molecule has 2 nitrogen and oxygen atoms in total. The maximum atomic E-state index is 9.60. The topological polar surface area (TPSA) is 29.5 Å². The molecule has 1 aromatic carbocycles. The van der Waals surface area contributed by atoms with E-state index in [1.54, 1.807) is 7.11 Å². The zero-order valence-corrected chi connectivity index (χ0v) is 11.7. The maximum absolute atomic E-state index is 9.60. The summed E-state index contributed by atoms with van der Waals surface area (Å²) in [5, 5.41) is 9.60. The molecule has 1 aliphatic rings. The molecular formula is C16H24O2. The van der Waals surface area contributed by atoms with E-state index in [-0.39, 0.29) is 5.41 Å². The number of aliphatic hydroxyl groups excluding tert-OH is 1. The maximum Gasteiger partial charge on any atom is 0.122 e. The summed E-state index contributed by atoms with van der Waals surface area (Å²) in [6.07, 6.45) is 4.46. The zero-order chi connectivity index (χ0) is 13.2.